The number of hydrogen-bond acceptors (Lipinski definition) is 6. The Labute approximate surface area is 172 Å². The first kappa shape index (κ1) is 18.7. The summed E-state index contributed by atoms with van der Waals surface area (Å²) < 4.78 is 15.6. The molecule has 4 aromatic rings. The summed E-state index contributed by atoms with van der Waals surface area (Å²) in [4.78, 5) is 11.4. The van der Waals surface area contributed by atoms with Gasteiger partial charge in [-0.15, -0.1) is 0 Å². The van der Waals surface area contributed by atoms with Gasteiger partial charge in [0.25, 0.3) is 0 Å². The van der Waals surface area contributed by atoms with Crippen molar-refractivity contribution in [1.29, 1.82) is 0 Å². The lowest BCUT2D eigenvalue weighted by Gasteiger charge is -2.34. The van der Waals surface area contributed by atoms with Gasteiger partial charge in [0, 0.05) is 36.8 Å². The number of nitrogens with one attached hydrogen (secondary N) is 1. The molecule has 2 atom stereocenters. The van der Waals surface area contributed by atoms with Crippen molar-refractivity contribution in [3.8, 4) is 22.6 Å². The summed E-state index contributed by atoms with van der Waals surface area (Å²) in [6, 6.07) is 7.31. The van der Waals surface area contributed by atoms with Gasteiger partial charge < -0.3 is 10.6 Å². The Balaban J connectivity index is 1.51. The maximum Gasteiger partial charge on any atom is 0.129 e. The largest absolute Gasteiger partial charge is 0.355 e. The van der Waals surface area contributed by atoms with Crippen molar-refractivity contribution < 1.29 is 4.39 Å². The molecule has 1 saturated heterocycles. The van der Waals surface area contributed by atoms with E-state index in [9.17, 15) is 4.39 Å². The topological polar surface area (TPSA) is 102 Å². The molecule has 5 heterocycles. The molecule has 154 valence electrons. The first-order valence-corrected chi connectivity index (χ1v) is 10.1. The lowest BCUT2D eigenvalue weighted by atomic mass is 10.0. The van der Waals surface area contributed by atoms with E-state index in [1.165, 1.54) is 0 Å². The summed E-state index contributed by atoms with van der Waals surface area (Å²) in [6.45, 7) is 3.90. The molecule has 5 rings (SSSR count). The number of anilines is 1. The lowest BCUT2D eigenvalue weighted by Crippen LogP contribution is -2.50. The van der Waals surface area contributed by atoms with Crippen LogP contribution in [0, 0.1) is 0 Å². The summed E-state index contributed by atoms with van der Waals surface area (Å²) in [6.07, 6.45) is 5.03. The predicted molar refractivity (Wildman–Crippen MR) is 114 cm³/mol. The quantitative estimate of drug-likeness (QED) is 0.540. The van der Waals surface area contributed by atoms with Gasteiger partial charge in [-0.1, -0.05) is 6.07 Å². The third-order valence-corrected chi connectivity index (χ3v) is 5.57. The van der Waals surface area contributed by atoms with Gasteiger partial charge in [-0.2, -0.15) is 10.2 Å². The number of piperidine rings is 1. The minimum absolute atomic E-state index is 0.416. The third kappa shape index (κ3) is 3.30. The molecule has 0 unspecified atom stereocenters. The SMILES string of the molecule is CCn1cc(-c2cc3c(-c4cccc(N5CC[C@H](F)[C@@H](N)C5)n4)n[nH]c3cn2)cn1. The van der Waals surface area contributed by atoms with E-state index in [2.05, 4.69) is 20.3 Å². The number of fused-ring (bicyclic) bond motifs is 1. The molecule has 0 radical (unpaired) electrons. The van der Waals surface area contributed by atoms with Crippen LogP contribution in [0.5, 0.6) is 0 Å². The Morgan fingerprint density at radius 2 is 2.17 bits per heavy atom. The van der Waals surface area contributed by atoms with Gasteiger partial charge in [-0.25, -0.2) is 9.37 Å². The Kier molecular flexibility index (Phi) is 4.66. The number of H-pyrrole nitrogens is 1. The molecule has 8 nitrogen and oxygen atoms in total. The maximum absolute atomic E-state index is 13.7. The first-order valence-electron chi connectivity index (χ1n) is 10.1. The average Bonchev–Trinajstić information content (AvgIpc) is 3.42. The number of nitrogens with two attached hydrogens (primary N) is 1. The third-order valence-electron chi connectivity index (χ3n) is 5.57. The van der Waals surface area contributed by atoms with Crippen LogP contribution in [-0.4, -0.2) is 55.2 Å². The van der Waals surface area contributed by atoms with Gasteiger partial charge in [0.15, 0.2) is 0 Å². The second-order valence-corrected chi connectivity index (χ2v) is 7.57. The molecule has 1 aliphatic rings. The zero-order valence-electron chi connectivity index (χ0n) is 16.7. The van der Waals surface area contributed by atoms with Crippen molar-refractivity contribution in [2.75, 3.05) is 18.0 Å². The zero-order chi connectivity index (χ0) is 20.7. The van der Waals surface area contributed by atoms with Gasteiger partial charge in [0.2, 0.25) is 0 Å². The molecule has 0 amide bonds. The molecule has 3 N–H and O–H groups in total. The van der Waals surface area contributed by atoms with Crippen LogP contribution in [-0.2, 0) is 6.54 Å². The van der Waals surface area contributed by atoms with Crippen molar-refractivity contribution in [3.05, 3.63) is 42.9 Å². The Morgan fingerprint density at radius 3 is 2.97 bits per heavy atom. The second kappa shape index (κ2) is 7.49. The number of nitrogens with zero attached hydrogens (tertiary/aromatic N) is 6. The van der Waals surface area contributed by atoms with Crippen molar-refractivity contribution in [3.63, 3.8) is 0 Å². The standard InChI is InChI=1S/C21H23FN8/c1-2-30-11-13(9-25-30)18-8-14-19(10-24-18)27-28-21(14)17-4-3-5-20(26-17)29-7-6-15(22)16(23)12-29/h3-5,8-11,15-16H,2,6-7,12,23H2,1H3,(H,27,28)/t15-,16-/m0/s1. The van der Waals surface area contributed by atoms with E-state index in [4.69, 9.17) is 10.7 Å². The highest BCUT2D eigenvalue weighted by Crippen LogP contribution is 2.29. The number of hydrogen-bond donors (Lipinski definition) is 2. The number of alkyl halides is 1. The molecular formula is C21H23FN8. The van der Waals surface area contributed by atoms with E-state index in [0.717, 1.165) is 45.9 Å². The highest BCUT2D eigenvalue weighted by molar-refractivity contribution is 5.93. The molecule has 30 heavy (non-hydrogen) atoms. The molecule has 9 heteroatoms. The number of pyridine rings is 2. The van der Waals surface area contributed by atoms with Crippen LogP contribution in [0.1, 0.15) is 13.3 Å². The van der Waals surface area contributed by atoms with Gasteiger partial charge in [-0.05, 0) is 31.5 Å². The Hall–Kier alpha value is -3.33. The number of aromatic nitrogens is 6. The summed E-state index contributed by atoms with van der Waals surface area (Å²) >= 11 is 0. The van der Waals surface area contributed by atoms with Crippen LogP contribution in [0.25, 0.3) is 33.5 Å². The maximum atomic E-state index is 13.7. The van der Waals surface area contributed by atoms with Crippen LogP contribution >= 0.6 is 0 Å². The van der Waals surface area contributed by atoms with Gasteiger partial charge in [0.1, 0.15) is 17.7 Å². The number of rotatable bonds is 4. The summed E-state index contributed by atoms with van der Waals surface area (Å²) in [5.41, 5.74) is 10.0. The van der Waals surface area contributed by atoms with E-state index in [1.807, 2.05) is 53.2 Å². The summed E-state index contributed by atoms with van der Waals surface area (Å²) in [7, 11) is 0. The highest BCUT2D eigenvalue weighted by atomic mass is 19.1. The van der Waals surface area contributed by atoms with Gasteiger partial charge in [-0.3, -0.25) is 14.8 Å². The molecule has 4 aromatic heterocycles. The fourth-order valence-corrected chi connectivity index (χ4v) is 3.83. The van der Waals surface area contributed by atoms with E-state index < -0.39 is 12.2 Å². The summed E-state index contributed by atoms with van der Waals surface area (Å²) in [5.74, 6) is 0.782. The average molecular weight is 406 g/mol. The minimum Gasteiger partial charge on any atom is -0.355 e. The molecular weight excluding hydrogens is 383 g/mol. The van der Waals surface area contributed by atoms with Crippen molar-refractivity contribution in [1.82, 2.24) is 29.9 Å². The van der Waals surface area contributed by atoms with E-state index in [-0.39, 0.29) is 0 Å². The molecule has 1 fully saturated rings. The van der Waals surface area contributed by atoms with Gasteiger partial charge >= 0.3 is 0 Å². The second-order valence-electron chi connectivity index (χ2n) is 7.57. The minimum atomic E-state index is -0.956. The molecule has 0 aliphatic carbocycles. The number of halogens is 1. The molecule has 0 aromatic carbocycles. The zero-order valence-corrected chi connectivity index (χ0v) is 16.7. The summed E-state index contributed by atoms with van der Waals surface area (Å²) in [5, 5.41) is 12.8. The first-order chi connectivity index (χ1) is 14.6. The highest BCUT2D eigenvalue weighted by Gasteiger charge is 2.27. The molecule has 1 aliphatic heterocycles. The van der Waals surface area contributed by atoms with E-state index in [0.29, 0.717) is 19.5 Å². The monoisotopic (exact) mass is 406 g/mol. The number of aromatic amines is 1. The van der Waals surface area contributed by atoms with Crippen molar-refractivity contribution in [2.24, 2.45) is 5.73 Å². The Bertz CT molecular complexity index is 1180. The fourth-order valence-electron chi connectivity index (χ4n) is 3.83. The van der Waals surface area contributed by atoms with Crippen LogP contribution in [0.3, 0.4) is 0 Å². The fraction of sp³-hybridized carbons (Fsp3) is 0.333. The van der Waals surface area contributed by atoms with E-state index >= 15 is 0 Å². The smallest absolute Gasteiger partial charge is 0.129 e. The molecule has 0 spiro atoms. The van der Waals surface area contributed by atoms with Crippen molar-refractivity contribution >= 4 is 16.7 Å². The molecule has 0 saturated carbocycles. The normalized spacial score (nSPS) is 19.5. The predicted octanol–water partition coefficient (Wildman–Crippen LogP) is 2.78. The van der Waals surface area contributed by atoms with Gasteiger partial charge in [0.05, 0.1) is 35.3 Å². The lowest BCUT2D eigenvalue weighted by molar-refractivity contribution is 0.244. The van der Waals surface area contributed by atoms with E-state index in [1.54, 1.807) is 6.20 Å². The Morgan fingerprint density at radius 1 is 1.27 bits per heavy atom. The van der Waals surface area contributed by atoms with Crippen LogP contribution in [0.4, 0.5) is 10.2 Å². The molecule has 0 bridgehead atoms. The van der Waals surface area contributed by atoms with Crippen LogP contribution in [0.2, 0.25) is 0 Å². The van der Waals surface area contributed by atoms with Crippen LogP contribution < -0.4 is 10.6 Å². The van der Waals surface area contributed by atoms with Crippen LogP contribution in [0.15, 0.2) is 42.9 Å². The number of aryl methyl sites for hydroxylation is 1. The van der Waals surface area contributed by atoms with Crippen molar-refractivity contribution in [2.45, 2.75) is 32.1 Å².